The van der Waals surface area contributed by atoms with Crippen molar-refractivity contribution in [2.45, 2.75) is 0 Å². The van der Waals surface area contributed by atoms with E-state index in [9.17, 15) is 14.4 Å². The highest BCUT2D eigenvalue weighted by Crippen LogP contribution is 1.88. The maximum absolute atomic E-state index is 11.7. The summed E-state index contributed by atoms with van der Waals surface area (Å²) in [7, 11) is 0. The largest absolute Gasteiger partial charge is 0.291 e. The molecule has 0 aliphatic heterocycles. The molecule has 0 N–H and O–H groups in total. The minimum absolute atomic E-state index is 0.823. The second-order valence-electron chi connectivity index (χ2n) is 2.88. The van der Waals surface area contributed by atoms with Crippen LogP contribution in [-0.2, 0) is 0 Å². The van der Waals surface area contributed by atoms with Gasteiger partial charge in [0, 0.05) is 0 Å². The van der Waals surface area contributed by atoms with E-state index < -0.39 is 38.1 Å². The van der Waals surface area contributed by atoms with Crippen molar-refractivity contribution >= 4 is 11.4 Å². The van der Waals surface area contributed by atoms with Crippen molar-refractivity contribution < 1.29 is 0 Å². The Labute approximate surface area is 98.7 Å². The molecule has 82 valence electrons. The summed E-state index contributed by atoms with van der Waals surface area (Å²) in [5.41, 5.74) is -5.53. The maximum atomic E-state index is 11.7. The van der Waals surface area contributed by atoms with E-state index in [0.29, 0.717) is 0 Å². The molecule has 0 aliphatic carbocycles. The summed E-state index contributed by atoms with van der Waals surface area (Å²) in [5, 5.41) is 15.4. The van der Waals surface area contributed by atoms with Gasteiger partial charge in [0.25, 0.3) is 11.4 Å². The third-order valence-corrected chi connectivity index (χ3v) is 2.02. The van der Waals surface area contributed by atoms with Gasteiger partial charge in [-0.05, 0) is 0 Å². The molecule has 18 heavy (non-hydrogen) atoms. The van der Waals surface area contributed by atoms with Crippen LogP contribution in [0.5, 0.6) is 0 Å². The molecule has 0 saturated heterocycles. The SMILES string of the molecule is [C-]#[N+]/C(C#N)=c1\c(=O)c(=O)/c(=C(/C#N)[N+]#[C-])c1=O. The van der Waals surface area contributed by atoms with E-state index in [1.807, 2.05) is 0 Å². The van der Waals surface area contributed by atoms with Crippen molar-refractivity contribution in [3.63, 3.8) is 0 Å². The van der Waals surface area contributed by atoms with Crippen LogP contribution >= 0.6 is 0 Å². The average molecular weight is 236 g/mol. The molecule has 0 atom stereocenters. The Morgan fingerprint density at radius 3 is 1.39 bits per heavy atom. The first-order valence-electron chi connectivity index (χ1n) is 4.20. The average Bonchev–Trinajstić information content (AvgIpc) is 2.59. The van der Waals surface area contributed by atoms with Crippen LogP contribution in [0.25, 0.3) is 21.1 Å². The lowest BCUT2D eigenvalue weighted by Crippen LogP contribution is -2.38. The van der Waals surface area contributed by atoms with Crippen molar-refractivity contribution in [2.24, 2.45) is 0 Å². The van der Waals surface area contributed by atoms with Gasteiger partial charge in [-0.2, -0.15) is 0 Å². The summed E-state index contributed by atoms with van der Waals surface area (Å²) in [4.78, 5) is 39.9. The van der Waals surface area contributed by atoms with Crippen LogP contribution in [0.4, 0.5) is 0 Å². The molecule has 0 spiro atoms. The van der Waals surface area contributed by atoms with Crippen LogP contribution in [0.1, 0.15) is 0 Å². The molecule has 0 aromatic heterocycles. The topological polar surface area (TPSA) is 108 Å². The Morgan fingerprint density at radius 2 is 1.17 bits per heavy atom. The fourth-order valence-corrected chi connectivity index (χ4v) is 1.26. The Morgan fingerprint density at radius 1 is 0.833 bits per heavy atom. The lowest BCUT2D eigenvalue weighted by atomic mass is 10.3. The van der Waals surface area contributed by atoms with Gasteiger partial charge in [-0.1, -0.05) is 0 Å². The summed E-state index contributed by atoms with van der Waals surface area (Å²) < 4.78 is 0. The lowest BCUT2D eigenvalue weighted by molar-refractivity contribution is 1.47. The number of nitriles is 2. The van der Waals surface area contributed by atoms with Crippen molar-refractivity contribution in [3.8, 4) is 12.1 Å². The normalized spacial score (nSPS) is 12.4. The fraction of sp³-hybridized carbons (Fsp3) is 0. The molecule has 0 unspecified atom stereocenters. The van der Waals surface area contributed by atoms with Crippen LogP contribution in [0, 0.1) is 35.8 Å². The molecule has 1 rings (SSSR count). The number of nitrogens with zero attached hydrogens (tertiary/aromatic N) is 4. The molecule has 0 bridgehead atoms. The van der Waals surface area contributed by atoms with E-state index in [-0.39, 0.29) is 0 Å². The molecular weight excluding hydrogens is 236 g/mol. The zero-order valence-corrected chi connectivity index (χ0v) is 8.51. The van der Waals surface area contributed by atoms with E-state index in [0.717, 1.165) is 0 Å². The molecule has 0 heterocycles. The summed E-state index contributed by atoms with van der Waals surface area (Å²) in [6, 6.07) is 2.64. The van der Waals surface area contributed by atoms with Gasteiger partial charge in [0.05, 0.1) is 35.7 Å². The van der Waals surface area contributed by atoms with Gasteiger partial charge < -0.3 is 0 Å². The van der Waals surface area contributed by atoms with Gasteiger partial charge in [-0.15, -0.1) is 0 Å². The van der Waals surface area contributed by atoms with Gasteiger partial charge >= 0.3 is 0 Å². The maximum Gasteiger partial charge on any atom is 0.276 e. The van der Waals surface area contributed by atoms with Crippen molar-refractivity contribution in [3.05, 3.63) is 63.9 Å². The third-order valence-electron chi connectivity index (χ3n) is 2.02. The van der Waals surface area contributed by atoms with Crippen molar-refractivity contribution in [2.75, 3.05) is 0 Å². The predicted octanol–water partition coefficient (Wildman–Crippen LogP) is -2.26. The van der Waals surface area contributed by atoms with Crippen LogP contribution in [0.2, 0.25) is 0 Å². The second kappa shape index (κ2) is 4.53. The summed E-state index contributed by atoms with van der Waals surface area (Å²) in [5.74, 6) is 0. The first kappa shape index (κ1) is 12.5. The van der Waals surface area contributed by atoms with Crippen LogP contribution in [0.3, 0.4) is 0 Å². The minimum atomic E-state index is -1.33. The third kappa shape index (κ3) is 1.55. The number of rotatable bonds is 0. The van der Waals surface area contributed by atoms with Crippen LogP contribution in [0.15, 0.2) is 14.4 Å². The Balaban J connectivity index is 4.48. The Hall–Kier alpha value is -3.55. The smallest absolute Gasteiger partial charge is 0.276 e. The summed E-state index contributed by atoms with van der Waals surface area (Å²) >= 11 is 0. The van der Waals surface area contributed by atoms with Gasteiger partial charge in [0.15, 0.2) is 5.43 Å². The standard InChI is InChI=1S/C11N4O3/c1-14-5(3-12)7-9(16)8(6(4-13)15-2)11(18)10(7)17/b7-5-,8-6-. The van der Waals surface area contributed by atoms with Crippen LogP contribution in [-0.4, -0.2) is 0 Å². The monoisotopic (exact) mass is 236 g/mol. The van der Waals surface area contributed by atoms with Gasteiger partial charge in [-0.3, -0.25) is 14.4 Å². The molecule has 7 nitrogen and oxygen atoms in total. The number of hydrogen-bond donors (Lipinski definition) is 0. The van der Waals surface area contributed by atoms with E-state index in [1.165, 1.54) is 12.1 Å². The molecule has 0 fully saturated rings. The highest BCUT2D eigenvalue weighted by Gasteiger charge is 2.16. The molecule has 0 radical (unpaired) electrons. The van der Waals surface area contributed by atoms with E-state index in [4.69, 9.17) is 23.7 Å². The number of hydrogen-bond acceptors (Lipinski definition) is 5. The summed E-state index contributed by atoms with van der Waals surface area (Å²) in [6.07, 6.45) is 0. The van der Waals surface area contributed by atoms with E-state index in [2.05, 4.69) is 9.69 Å². The molecule has 0 saturated carbocycles. The zero-order chi connectivity index (χ0) is 13.9. The van der Waals surface area contributed by atoms with Gasteiger partial charge in [0.2, 0.25) is 10.9 Å². The molecule has 1 aromatic rings. The highest BCUT2D eigenvalue weighted by atomic mass is 16.2. The second-order valence-corrected chi connectivity index (χ2v) is 2.88. The Bertz CT molecular complexity index is 854. The quantitative estimate of drug-likeness (QED) is 0.373. The van der Waals surface area contributed by atoms with E-state index in [1.54, 1.807) is 0 Å². The van der Waals surface area contributed by atoms with Gasteiger partial charge in [-0.25, -0.2) is 20.2 Å². The molecule has 1 aromatic carbocycles. The molecule has 7 heteroatoms. The van der Waals surface area contributed by atoms with Crippen LogP contribution < -0.4 is 26.7 Å². The lowest BCUT2D eigenvalue weighted by Gasteiger charge is -1.75. The molecule has 0 amide bonds. The minimum Gasteiger partial charge on any atom is -0.291 e. The van der Waals surface area contributed by atoms with Gasteiger partial charge in [0.1, 0.15) is 0 Å². The molecule has 0 aliphatic rings. The molecular formula is C11N4O3. The highest BCUT2D eigenvalue weighted by molar-refractivity contribution is 5.68. The van der Waals surface area contributed by atoms with Crippen molar-refractivity contribution in [1.29, 1.82) is 10.5 Å². The fourth-order valence-electron chi connectivity index (χ4n) is 1.26. The van der Waals surface area contributed by atoms with Crippen molar-refractivity contribution in [1.82, 2.24) is 0 Å². The Kier molecular flexibility index (Phi) is 3.15. The first-order chi connectivity index (χ1) is 8.53. The first-order valence-corrected chi connectivity index (χ1v) is 4.20. The summed E-state index contributed by atoms with van der Waals surface area (Å²) in [6.45, 7) is 13.2. The predicted molar refractivity (Wildman–Crippen MR) is 58.1 cm³/mol. The van der Waals surface area contributed by atoms with E-state index >= 15 is 0 Å². The zero-order valence-electron chi connectivity index (χ0n) is 8.51.